The Labute approximate surface area is 133 Å². The van der Waals surface area contributed by atoms with Gasteiger partial charge in [-0.3, -0.25) is 9.59 Å². The van der Waals surface area contributed by atoms with Crippen molar-refractivity contribution in [3.63, 3.8) is 0 Å². The number of fused-ring (bicyclic) bond motifs is 1. The summed E-state index contributed by atoms with van der Waals surface area (Å²) in [6, 6.07) is 0. The van der Waals surface area contributed by atoms with E-state index in [2.05, 4.69) is 20.3 Å². The minimum absolute atomic E-state index is 0.0274. The second-order valence-electron chi connectivity index (χ2n) is 6.24. The van der Waals surface area contributed by atoms with Crippen LogP contribution >= 0.6 is 0 Å². The van der Waals surface area contributed by atoms with E-state index in [9.17, 15) is 9.59 Å². The van der Waals surface area contributed by atoms with Crippen molar-refractivity contribution in [1.82, 2.24) is 25.2 Å². The summed E-state index contributed by atoms with van der Waals surface area (Å²) in [5.74, 6) is 0.168. The lowest BCUT2D eigenvalue weighted by atomic mass is 10.2. The highest BCUT2D eigenvalue weighted by Gasteiger charge is 2.26. The molecule has 2 aromatic heterocycles. The lowest BCUT2D eigenvalue weighted by molar-refractivity contribution is -0.129. The van der Waals surface area contributed by atoms with Crippen LogP contribution < -0.4 is 5.32 Å². The maximum atomic E-state index is 12.4. The van der Waals surface area contributed by atoms with E-state index < -0.39 is 0 Å². The van der Waals surface area contributed by atoms with Gasteiger partial charge in [0.1, 0.15) is 5.52 Å². The molecule has 0 atom stereocenters. The first-order chi connectivity index (χ1) is 11.2. The molecular formula is C16H19N5O2. The number of rotatable bonds is 4. The van der Waals surface area contributed by atoms with Crippen molar-refractivity contribution in [2.75, 3.05) is 19.6 Å². The fourth-order valence-corrected chi connectivity index (χ4v) is 2.98. The van der Waals surface area contributed by atoms with Gasteiger partial charge in [-0.25, -0.2) is 9.97 Å². The van der Waals surface area contributed by atoms with Gasteiger partial charge < -0.3 is 15.2 Å². The second kappa shape index (κ2) is 5.64. The molecule has 2 aliphatic rings. The van der Waals surface area contributed by atoms with E-state index in [4.69, 9.17) is 0 Å². The predicted octanol–water partition coefficient (Wildman–Crippen LogP) is 1.19. The molecule has 0 aromatic carbocycles. The zero-order valence-corrected chi connectivity index (χ0v) is 12.8. The molecule has 120 valence electrons. The number of hydrogen-bond acceptors (Lipinski definition) is 4. The summed E-state index contributed by atoms with van der Waals surface area (Å²) in [5, 5.41) is 2.70. The molecule has 0 bridgehead atoms. The number of aromatic nitrogens is 3. The molecule has 7 nitrogen and oxygen atoms in total. The summed E-state index contributed by atoms with van der Waals surface area (Å²) < 4.78 is 0. The highest BCUT2D eigenvalue weighted by molar-refractivity contribution is 6.05. The summed E-state index contributed by atoms with van der Waals surface area (Å²) in [6.07, 6.45) is 7.74. The van der Waals surface area contributed by atoms with Crippen LogP contribution in [0.15, 0.2) is 12.4 Å². The Kier molecular flexibility index (Phi) is 3.48. The molecule has 7 heteroatoms. The number of aromatic amines is 1. The quantitative estimate of drug-likeness (QED) is 0.887. The number of carbonyl (C=O) groups excluding carboxylic acids is 2. The first kappa shape index (κ1) is 14.2. The van der Waals surface area contributed by atoms with Gasteiger partial charge in [0.2, 0.25) is 5.91 Å². The van der Waals surface area contributed by atoms with Crippen molar-refractivity contribution in [1.29, 1.82) is 0 Å². The topological polar surface area (TPSA) is 91.0 Å². The summed E-state index contributed by atoms with van der Waals surface area (Å²) >= 11 is 0. The SMILES string of the molecule is O=C(NCC(=O)N1CCCC1)c1c[nH]c2ncc(C3CC3)nc12. The molecule has 3 heterocycles. The Hall–Kier alpha value is -2.44. The number of H-pyrrole nitrogens is 1. The third kappa shape index (κ3) is 2.78. The molecule has 2 amide bonds. The number of carbonyl (C=O) groups is 2. The van der Waals surface area contributed by atoms with E-state index in [0.29, 0.717) is 22.6 Å². The fourth-order valence-electron chi connectivity index (χ4n) is 2.98. The molecule has 1 saturated carbocycles. The van der Waals surface area contributed by atoms with Crippen molar-refractivity contribution < 1.29 is 9.59 Å². The van der Waals surface area contributed by atoms with E-state index >= 15 is 0 Å². The Morgan fingerprint density at radius 2 is 2.09 bits per heavy atom. The summed E-state index contributed by atoms with van der Waals surface area (Å²) in [6.45, 7) is 1.61. The molecule has 23 heavy (non-hydrogen) atoms. The van der Waals surface area contributed by atoms with Crippen molar-refractivity contribution in [2.45, 2.75) is 31.6 Å². The van der Waals surface area contributed by atoms with E-state index in [1.54, 1.807) is 17.3 Å². The molecule has 0 spiro atoms. The van der Waals surface area contributed by atoms with Crippen molar-refractivity contribution >= 4 is 23.0 Å². The normalized spacial score (nSPS) is 17.7. The zero-order valence-electron chi connectivity index (χ0n) is 12.8. The second-order valence-corrected chi connectivity index (χ2v) is 6.24. The Balaban J connectivity index is 1.48. The maximum absolute atomic E-state index is 12.4. The molecule has 2 N–H and O–H groups in total. The van der Waals surface area contributed by atoms with Crippen LogP contribution in [0.3, 0.4) is 0 Å². The van der Waals surface area contributed by atoms with Gasteiger partial charge in [0, 0.05) is 25.2 Å². The van der Waals surface area contributed by atoms with Crippen molar-refractivity contribution in [3.8, 4) is 0 Å². The average molecular weight is 313 g/mol. The molecule has 1 aliphatic heterocycles. The molecule has 1 aliphatic carbocycles. The van der Waals surface area contributed by atoms with Crippen molar-refractivity contribution in [3.05, 3.63) is 23.7 Å². The van der Waals surface area contributed by atoms with Gasteiger partial charge in [0.25, 0.3) is 5.91 Å². The Morgan fingerprint density at radius 1 is 1.30 bits per heavy atom. The first-order valence-electron chi connectivity index (χ1n) is 8.12. The van der Waals surface area contributed by atoms with Gasteiger partial charge in [-0.1, -0.05) is 0 Å². The van der Waals surface area contributed by atoms with Crippen LogP contribution in [0.1, 0.15) is 47.7 Å². The lowest BCUT2D eigenvalue weighted by Gasteiger charge is -2.15. The van der Waals surface area contributed by atoms with Crippen LogP contribution in [-0.2, 0) is 4.79 Å². The van der Waals surface area contributed by atoms with E-state index in [1.165, 1.54) is 0 Å². The largest absolute Gasteiger partial charge is 0.344 e. The smallest absolute Gasteiger partial charge is 0.255 e. The number of likely N-dealkylation sites (tertiary alicyclic amines) is 1. The monoisotopic (exact) mass is 313 g/mol. The zero-order chi connectivity index (χ0) is 15.8. The minimum atomic E-state index is -0.286. The van der Waals surface area contributed by atoms with Gasteiger partial charge in [0.05, 0.1) is 24.0 Å². The number of nitrogens with one attached hydrogen (secondary N) is 2. The van der Waals surface area contributed by atoms with Gasteiger partial charge in [-0.15, -0.1) is 0 Å². The molecule has 2 fully saturated rings. The Morgan fingerprint density at radius 3 is 2.83 bits per heavy atom. The van der Waals surface area contributed by atoms with Crippen LogP contribution in [0.4, 0.5) is 0 Å². The molecule has 4 rings (SSSR count). The first-order valence-corrected chi connectivity index (χ1v) is 8.12. The van der Waals surface area contributed by atoms with Crippen LogP contribution in [0.25, 0.3) is 11.2 Å². The van der Waals surface area contributed by atoms with Gasteiger partial charge in [0.15, 0.2) is 5.65 Å². The summed E-state index contributed by atoms with van der Waals surface area (Å²) in [7, 11) is 0. The summed E-state index contributed by atoms with van der Waals surface area (Å²) in [4.78, 5) is 38.0. The van der Waals surface area contributed by atoms with E-state index in [0.717, 1.165) is 44.5 Å². The molecule has 0 unspecified atom stereocenters. The predicted molar refractivity (Wildman–Crippen MR) is 84.0 cm³/mol. The van der Waals surface area contributed by atoms with Gasteiger partial charge in [-0.2, -0.15) is 0 Å². The molecule has 1 saturated heterocycles. The van der Waals surface area contributed by atoms with Crippen molar-refractivity contribution in [2.24, 2.45) is 0 Å². The van der Waals surface area contributed by atoms with Crippen LogP contribution in [-0.4, -0.2) is 51.3 Å². The van der Waals surface area contributed by atoms with E-state index in [-0.39, 0.29) is 18.4 Å². The third-order valence-corrected chi connectivity index (χ3v) is 4.50. The van der Waals surface area contributed by atoms with Crippen LogP contribution in [0, 0.1) is 0 Å². The molecule has 2 aromatic rings. The van der Waals surface area contributed by atoms with E-state index in [1.807, 2.05) is 0 Å². The fraction of sp³-hybridized carbons (Fsp3) is 0.500. The molecule has 0 radical (unpaired) electrons. The minimum Gasteiger partial charge on any atom is -0.344 e. The van der Waals surface area contributed by atoms with Crippen LogP contribution in [0.5, 0.6) is 0 Å². The average Bonchev–Trinajstić information content (AvgIpc) is 3.11. The lowest BCUT2D eigenvalue weighted by Crippen LogP contribution is -2.38. The van der Waals surface area contributed by atoms with Gasteiger partial charge in [-0.05, 0) is 25.7 Å². The number of hydrogen-bond donors (Lipinski definition) is 2. The highest BCUT2D eigenvalue weighted by atomic mass is 16.2. The maximum Gasteiger partial charge on any atom is 0.255 e. The Bertz CT molecular complexity index is 759. The van der Waals surface area contributed by atoms with Crippen LogP contribution in [0.2, 0.25) is 0 Å². The summed E-state index contributed by atoms with van der Waals surface area (Å²) in [5.41, 5.74) is 2.58. The number of nitrogens with zero attached hydrogens (tertiary/aromatic N) is 3. The standard InChI is InChI=1S/C16H19N5O2/c22-13(21-5-1-2-6-21)9-19-16(23)11-7-17-15-14(11)20-12(8-18-15)10-3-4-10/h7-8,10H,1-6,9H2,(H,17,18)(H,19,23). The molecular weight excluding hydrogens is 294 g/mol. The number of amides is 2. The third-order valence-electron chi connectivity index (χ3n) is 4.50. The van der Waals surface area contributed by atoms with Gasteiger partial charge >= 0.3 is 0 Å². The highest BCUT2D eigenvalue weighted by Crippen LogP contribution is 2.39.